The van der Waals surface area contributed by atoms with Gasteiger partial charge < -0.3 is 21.5 Å². The second kappa shape index (κ2) is 8.88. The Hall–Kier alpha value is -0.700. The number of nitrogens with zero attached hydrogens (tertiary/aromatic N) is 1. The van der Waals surface area contributed by atoms with Crippen molar-refractivity contribution in [3.05, 3.63) is 12.7 Å². The fourth-order valence-electron chi connectivity index (χ4n) is 1.21. The summed E-state index contributed by atoms with van der Waals surface area (Å²) in [5.74, 6) is 8.65. The molecule has 0 radical (unpaired) electrons. The number of rotatable bonds is 4. The van der Waals surface area contributed by atoms with Gasteiger partial charge in [0.15, 0.2) is 0 Å². The molecule has 0 amide bonds. The standard InChI is InChI=1S/C12H18N.BrH/c1-5-9-10-12-13(7-3,8-4)11-6-2;/h2,5H,1,7-8,11-12H2,3-4H3;1H/q+1;/p-1. The third-order valence-electron chi connectivity index (χ3n) is 2.39. The van der Waals surface area contributed by atoms with Crippen molar-refractivity contribution in [1.29, 1.82) is 0 Å². The molecule has 0 aromatic carbocycles. The summed E-state index contributed by atoms with van der Waals surface area (Å²) >= 11 is 0. The summed E-state index contributed by atoms with van der Waals surface area (Å²) in [5, 5.41) is 0. The molecule has 0 aromatic rings. The summed E-state index contributed by atoms with van der Waals surface area (Å²) in [6.45, 7) is 11.5. The van der Waals surface area contributed by atoms with E-state index in [1.165, 1.54) is 0 Å². The van der Waals surface area contributed by atoms with Crippen LogP contribution in [0.2, 0.25) is 0 Å². The summed E-state index contributed by atoms with van der Waals surface area (Å²) in [6.07, 6.45) is 6.96. The molecule has 1 nitrogen and oxygen atoms in total. The predicted molar refractivity (Wildman–Crippen MR) is 57.9 cm³/mol. The van der Waals surface area contributed by atoms with Crippen molar-refractivity contribution < 1.29 is 21.5 Å². The van der Waals surface area contributed by atoms with Crippen LogP contribution in [0.25, 0.3) is 0 Å². The Kier molecular flexibility index (Phi) is 9.99. The molecule has 0 rings (SSSR count). The van der Waals surface area contributed by atoms with Crippen LogP contribution in [-0.4, -0.2) is 30.7 Å². The highest BCUT2D eigenvalue weighted by atomic mass is 79.9. The normalized spacial score (nSPS) is 8.93. The highest BCUT2D eigenvalue weighted by Gasteiger charge is 2.19. The van der Waals surface area contributed by atoms with Crippen molar-refractivity contribution in [2.75, 3.05) is 26.2 Å². The Labute approximate surface area is 98.5 Å². The molecule has 0 N–H and O–H groups in total. The van der Waals surface area contributed by atoms with Crippen LogP contribution in [0.1, 0.15) is 13.8 Å². The van der Waals surface area contributed by atoms with Crippen LogP contribution in [0.15, 0.2) is 12.7 Å². The van der Waals surface area contributed by atoms with Gasteiger partial charge in [-0.05, 0) is 31.8 Å². The third-order valence-corrected chi connectivity index (χ3v) is 2.39. The Balaban J connectivity index is 0. The molecular weight excluding hydrogens is 238 g/mol. The van der Waals surface area contributed by atoms with E-state index in [4.69, 9.17) is 6.42 Å². The fourth-order valence-corrected chi connectivity index (χ4v) is 1.21. The smallest absolute Gasteiger partial charge is 0.142 e. The average molecular weight is 256 g/mol. The second-order valence-electron chi connectivity index (χ2n) is 3.02. The maximum absolute atomic E-state index is 5.34. The molecule has 0 fully saturated rings. The minimum absolute atomic E-state index is 0. The van der Waals surface area contributed by atoms with E-state index in [9.17, 15) is 0 Å². The number of allylic oxidation sites excluding steroid dienone is 1. The SMILES string of the molecule is C#CC[N+](CC)(CC)CC#CC=C.[Br-]. The van der Waals surface area contributed by atoms with Crippen LogP contribution in [-0.2, 0) is 0 Å². The molecular formula is C12H18BrN. The number of hydrogen-bond donors (Lipinski definition) is 0. The third kappa shape index (κ3) is 5.12. The largest absolute Gasteiger partial charge is 1.00 e. The Bertz CT molecular complexity index is 248. The predicted octanol–water partition coefficient (Wildman–Crippen LogP) is -1.33. The van der Waals surface area contributed by atoms with Crippen molar-refractivity contribution in [2.45, 2.75) is 13.8 Å². The number of quaternary nitrogens is 1. The zero-order valence-corrected chi connectivity index (χ0v) is 10.6. The maximum atomic E-state index is 5.34. The minimum Gasteiger partial charge on any atom is -1.00 e. The molecule has 0 aliphatic carbocycles. The molecule has 0 aliphatic rings. The second-order valence-corrected chi connectivity index (χ2v) is 3.02. The molecule has 0 bridgehead atoms. The lowest BCUT2D eigenvalue weighted by Gasteiger charge is -2.32. The maximum Gasteiger partial charge on any atom is 0.142 e. The van der Waals surface area contributed by atoms with Gasteiger partial charge in [0.25, 0.3) is 0 Å². The first kappa shape index (κ1) is 15.8. The molecule has 14 heavy (non-hydrogen) atoms. The first-order valence-corrected chi connectivity index (χ1v) is 4.62. The fraction of sp³-hybridized carbons (Fsp3) is 0.500. The van der Waals surface area contributed by atoms with E-state index in [2.05, 4.69) is 38.2 Å². The van der Waals surface area contributed by atoms with Crippen molar-refractivity contribution in [3.63, 3.8) is 0 Å². The first-order chi connectivity index (χ1) is 6.24. The Morgan fingerprint density at radius 1 is 1.29 bits per heavy atom. The van der Waals surface area contributed by atoms with Gasteiger partial charge >= 0.3 is 0 Å². The van der Waals surface area contributed by atoms with Crippen LogP contribution in [0.5, 0.6) is 0 Å². The topological polar surface area (TPSA) is 0 Å². The van der Waals surface area contributed by atoms with E-state index >= 15 is 0 Å². The molecule has 0 saturated carbocycles. The molecule has 0 heterocycles. The molecule has 0 aliphatic heterocycles. The van der Waals surface area contributed by atoms with Gasteiger partial charge in [-0.1, -0.05) is 12.5 Å². The highest BCUT2D eigenvalue weighted by Crippen LogP contribution is 2.03. The molecule has 0 saturated heterocycles. The van der Waals surface area contributed by atoms with Gasteiger partial charge in [-0.3, -0.25) is 0 Å². The van der Waals surface area contributed by atoms with E-state index in [1.54, 1.807) is 6.08 Å². The van der Waals surface area contributed by atoms with Gasteiger partial charge in [0.05, 0.1) is 13.1 Å². The molecule has 0 spiro atoms. The van der Waals surface area contributed by atoms with Crippen LogP contribution < -0.4 is 17.0 Å². The summed E-state index contributed by atoms with van der Waals surface area (Å²) in [5.41, 5.74) is 0. The van der Waals surface area contributed by atoms with Gasteiger partial charge in [0.2, 0.25) is 0 Å². The van der Waals surface area contributed by atoms with Crippen molar-refractivity contribution in [2.24, 2.45) is 0 Å². The van der Waals surface area contributed by atoms with Crippen LogP contribution in [0, 0.1) is 24.2 Å². The van der Waals surface area contributed by atoms with Crippen LogP contribution in [0.3, 0.4) is 0 Å². The molecule has 78 valence electrons. The van der Waals surface area contributed by atoms with Crippen LogP contribution in [0.4, 0.5) is 0 Å². The number of terminal acetylenes is 1. The van der Waals surface area contributed by atoms with E-state index in [0.717, 1.165) is 30.7 Å². The first-order valence-electron chi connectivity index (χ1n) is 4.62. The van der Waals surface area contributed by atoms with Gasteiger partial charge in [0.1, 0.15) is 13.1 Å². The Morgan fingerprint density at radius 3 is 2.21 bits per heavy atom. The van der Waals surface area contributed by atoms with Crippen molar-refractivity contribution in [3.8, 4) is 24.2 Å². The average Bonchev–Trinajstić information content (AvgIpc) is 2.17. The van der Waals surface area contributed by atoms with E-state index in [1.807, 2.05) is 0 Å². The van der Waals surface area contributed by atoms with Crippen LogP contribution >= 0.6 is 0 Å². The lowest BCUT2D eigenvalue weighted by molar-refractivity contribution is -0.911. The zero-order valence-electron chi connectivity index (χ0n) is 9.02. The quantitative estimate of drug-likeness (QED) is 0.432. The number of halogens is 1. The summed E-state index contributed by atoms with van der Waals surface area (Å²) < 4.78 is 0.886. The number of hydrogen-bond acceptors (Lipinski definition) is 0. The summed E-state index contributed by atoms with van der Waals surface area (Å²) in [4.78, 5) is 0. The van der Waals surface area contributed by atoms with E-state index in [-0.39, 0.29) is 17.0 Å². The van der Waals surface area contributed by atoms with Gasteiger partial charge in [-0.15, -0.1) is 6.42 Å². The zero-order chi connectivity index (χ0) is 10.2. The monoisotopic (exact) mass is 255 g/mol. The van der Waals surface area contributed by atoms with Crippen molar-refractivity contribution in [1.82, 2.24) is 0 Å². The summed E-state index contributed by atoms with van der Waals surface area (Å²) in [6, 6.07) is 0. The minimum atomic E-state index is 0. The van der Waals surface area contributed by atoms with Crippen molar-refractivity contribution >= 4 is 0 Å². The van der Waals surface area contributed by atoms with E-state index in [0.29, 0.717) is 0 Å². The highest BCUT2D eigenvalue weighted by molar-refractivity contribution is 5.12. The summed E-state index contributed by atoms with van der Waals surface area (Å²) in [7, 11) is 0. The molecule has 0 atom stereocenters. The van der Waals surface area contributed by atoms with Gasteiger partial charge in [0, 0.05) is 0 Å². The van der Waals surface area contributed by atoms with E-state index < -0.39 is 0 Å². The molecule has 0 aromatic heterocycles. The molecule has 0 unspecified atom stereocenters. The lowest BCUT2D eigenvalue weighted by Crippen LogP contribution is -3.00. The lowest BCUT2D eigenvalue weighted by atomic mass is 10.3. The van der Waals surface area contributed by atoms with Gasteiger partial charge in [-0.2, -0.15) is 0 Å². The Morgan fingerprint density at radius 2 is 1.86 bits per heavy atom. The van der Waals surface area contributed by atoms with Gasteiger partial charge in [-0.25, -0.2) is 0 Å². The molecule has 2 heteroatoms.